The number of carbonyl (C=O) groups is 1. The lowest BCUT2D eigenvalue weighted by molar-refractivity contribution is -0.115. The second-order valence-corrected chi connectivity index (χ2v) is 2.65. The van der Waals surface area contributed by atoms with Crippen molar-refractivity contribution in [2.45, 2.75) is 13.3 Å². The molecule has 1 aromatic carbocycles. The van der Waals surface area contributed by atoms with Crippen molar-refractivity contribution in [1.29, 1.82) is 0 Å². The van der Waals surface area contributed by atoms with Gasteiger partial charge < -0.3 is 5.32 Å². The number of anilines is 1. The van der Waals surface area contributed by atoms with Crippen molar-refractivity contribution >= 4 is 11.6 Å². The van der Waals surface area contributed by atoms with Gasteiger partial charge in [0.15, 0.2) is 11.6 Å². The average Bonchev–Trinajstić information content (AvgIpc) is 2.14. The Kier molecular flexibility index (Phi) is 3.11. The third-order valence-electron chi connectivity index (χ3n) is 1.61. The SMILES string of the molecule is CCC(=O)Nc1cc(F)c(F)cc1F. The molecular weight excluding hydrogens is 195 g/mol. The Morgan fingerprint density at radius 3 is 2.36 bits per heavy atom. The highest BCUT2D eigenvalue weighted by Gasteiger charge is 2.10. The molecule has 0 saturated carbocycles. The average molecular weight is 203 g/mol. The molecule has 1 aromatic rings. The monoisotopic (exact) mass is 203 g/mol. The molecule has 0 unspecified atom stereocenters. The van der Waals surface area contributed by atoms with E-state index in [1.165, 1.54) is 0 Å². The topological polar surface area (TPSA) is 29.1 Å². The fourth-order valence-corrected chi connectivity index (χ4v) is 0.857. The first-order valence-electron chi connectivity index (χ1n) is 3.99. The van der Waals surface area contributed by atoms with E-state index >= 15 is 0 Å². The van der Waals surface area contributed by atoms with E-state index in [9.17, 15) is 18.0 Å². The van der Waals surface area contributed by atoms with Crippen molar-refractivity contribution in [3.63, 3.8) is 0 Å². The van der Waals surface area contributed by atoms with Gasteiger partial charge in [-0.15, -0.1) is 0 Å². The number of amides is 1. The van der Waals surface area contributed by atoms with E-state index in [1.54, 1.807) is 6.92 Å². The summed E-state index contributed by atoms with van der Waals surface area (Å²) in [5.74, 6) is -3.93. The van der Waals surface area contributed by atoms with Gasteiger partial charge in [0, 0.05) is 18.6 Å². The van der Waals surface area contributed by atoms with Crippen LogP contribution in [0.25, 0.3) is 0 Å². The Bertz CT molecular complexity index is 365. The summed E-state index contributed by atoms with van der Waals surface area (Å²) >= 11 is 0. The molecule has 0 aliphatic carbocycles. The zero-order chi connectivity index (χ0) is 10.7. The molecule has 2 nitrogen and oxygen atoms in total. The van der Waals surface area contributed by atoms with E-state index < -0.39 is 23.4 Å². The van der Waals surface area contributed by atoms with E-state index in [2.05, 4.69) is 5.32 Å². The van der Waals surface area contributed by atoms with Crippen LogP contribution >= 0.6 is 0 Å². The van der Waals surface area contributed by atoms with Crippen LogP contribution in [0.1, 0.15) is 13.3 Å². The molecule has 0 fully saturated rings. The Morgan fingerprint density at radius 2 is 1.79 bits per heavy atom. The second kappa shape index (κ2) is 4.13. The summed E-state index contributed by atoms with van der Waals surface area (Å²) in [4.78, 5) is 10.8. The summed E-state index contributed by atoms with van der Waals surface area (Å²) in [7, 11) is 0. The van der Waals surface area contributed by atoms with Gasteiger partial charge in [0.05, 0.1) is 5.69 Å². The van der Waals surface area contributed by atoms with Crippen molar-refractivity contribution in [2.24, 2.45) is 0 Å². The quantitative estimate of drug-likeness (QED) is 0.735. The zero-order valence-electron chi connectivity index (χ0n) is 7.40. The molecule has 0 heterocycles. The van der Waals surface area contributed by atoms with Gasteiger partial charge in [0.25, 0.3) is 0 Å². The molecule has 0 saturated heterocycles. The van der Waals surface area contributed by atoms with Crippen LogP contribution in [-0.2, 0) is 4.79 Å². The number of hydrogen-bond donors (Lipinski definition) is 1. The maximum Gasteiger partial charge on any atom is 0.224 e. The first-order valence-corrected chi connectivity index (χ1v) is 3.99. The Balaban J connectivity index is 2.98. The number of rotatable bonds is 2. The minimum absolute atomic E-state index is 0.137. The molecule has 1 rings (SSSR count). The normalized spacial score (nSPS) is 10.0. The standard InChI is InChI=1S/C9H8F3NO/c1-2-9(14)13-8-4-6(11)5(10)3-7(8)12/h3-4H,2H2,1H3,(H,13,14). The molecule has 0 aliphatic rings. The minimum atomic E-state index is -1.28. The molecule has 0 aliphatic heterocycles. The Morgan fingerprint density at radius 1 is 1.21 bits per heavy atom. The summed E-state index contributed by atoms with van der Waals surface area (Å²) in [6.45, 7) is 1.56. The van der Waals surface area contributed by atoms with Gasteiger partial charge in [0.2, 0.25) is 5.91 Å². The smallest absolute Gasteiger partial charge is 0.224 e. The first kappa shape index (κ1) is 10.6. The molecule has 0 aromatic heterocycles. The lowest BCUT2D eigenvalue weighted by Gasteiger charge is -2.05. The first-order chi connectivity index (χ1) is 6.54. The number of nitrogens with one attached hydrogen (secondary N) is 1. The molecule has 0 spiro atoms. The molecule has 1 N–H and O–H groups in total. The van der Waals surface area contributed by atoms with E-state index in [0.717, 1.165) is 0 Å². The van der Waals surface area contributed by atoms with Gasteiger partial charge >= 0.3 is 0 Å². The summed E-state index contributed by atoms with van der Waals surface area (Å²) < 4.78 is 38.0. The van der Waals surface area contributed by atoms with Gasteiger partial charge in [-0.3, -0.25) is 4.79 Å². The molecule has 14 heavy (non-hydrogen) atoms. The summed E-state index contributed by atoms with van der Waals surface area (Å²) in [6.07, 6.45) is 0.137. The lowest BCUT2D eigenvalue weighted by Crippen LogP contribution is -2.11. The predicted octanol–water partition coefficient (Wildman–Crippen LogP) is 2.45. The summed E-state index contributed by atoms with van der Waals surface area (Å²) in [5, 5.41) is 2.11. The van der Waals surface area contributed by atoms with E-state index in [1.807, 2.05) is 0 Å². The van der Waals surface area contributed by atoms with Crippen molar-refractivity contribution in [3.8, 4) is 0 Å². The van der Waals surface area contributed by atoms with Gasteiger partial charge in [-0.1, -0.05) is 6.92 Å². The maximum absolute atomic E-state index is 12.9. The highest BCUT2D eigenvalue weighted by atomic mass is 19.2. The molecule has 76 valence electrons. The lowest BCUT2D eigenvalue weighted by atomic mass is 10.2. The summed E-state index contributed by atoms with van der Waals surface area (Å²) in [5.41, 5.74) is -0.351. The number of hydrogen-bond acceptors (Lipinski definition) is 1. The fraction of sp³-hybridized carbons (Fsp3) is 0.222. The summed E-state index contributed by atoms with van der Waals surface area (Å²) in [6, 6.07) is 0.999. The van der Waals surface area contributed by atoms with Crippen LogP contribution in [0.2, 0.25) is 0 Å². The molecule has 0 bridgehead atoms. The number of benzene rings is 1. The van der Waals surface area contributed by atoms with Gasteiger partial charge in [-0.05, 0) is 0 Å². The number of halogens is 3. The molecule has 5 heteroatoms. The zero-order valence-corrected chi connectivity index (χ0v) is 7.40. The predicted molar refractivity (Wildman–Crippen MR) is 45.2 cm³/mol. The van der Waals surface area contributed by atoms with E-state index in [-0.39, 0.29) is 12.1 Å². The fourth-order valence-electron chi connectivity index (χ4n) is 0.857. The Labute approximate surface area is 78.7 Å². The third-order valence-corrected chi connectivity index (χ3v) is 1.61. The molecular formula is C9H8F3NO. The highest BCUT2D eigenvalue weighted by molar-refractivity contribution is 5.90. The van der Waals surface area contributed by atoms with Crippen LogP contribution in [0.4, 0.5) is 18.9 Å². The molecule has 0 radical (unpaired) electrons. The van der Waals surface area contributed by atoms with Gasteiger partial charge in [-0.25, -0.2) is 13.2 Å². The van der Waals surface area contributed by atoms with E-state index in [4.69, 9.17) is 0 Å². The highest BCUT2D eigenvalue weighted by Crippen LogP contribution is 2.18. The van der Waals surface area contributed by atoms with Crippen molar-refractivity contribution < 1.29 is 18.0 Å². The van der Waals surface area contributed by atoms with Crippen molar-refractivity contribution in [3.05, 3.63) is 29.6 Å². The van der Waals surface area contributed by atoms with Crippen molar-refractivity contribution in [1.82, 2.24) is 0 Å². The van der Waals surface area contributed by atoms with E-state index in [0.29, 0.717) is 12.1 Å². The maximum atomic E-state index is 12.9. The number of carbonyl (C=O) groups excluding carboxylic acids is 1. The van der Waals surface area contributed by atoms with Crippen LogP contribution in [-0.4, -0.2) is 5.91 Å². The van der Waals surface area contributed by atoms with Gasteiger partial charge in [0.1, 0.15) is 5.82 Å². The Hall–Kier alpha value is -1.52. The second-order valence-electron chi connectivity index (χ2n) is 2.65. The van der Waals surface area contributed by atoms with Crippen LogP contribution < -0.4 is 5.32 Å². The van der Waals surface area contributed by atoms with Crippen LogP contribution in [0.3, 0.4) is 0 Å². The minimum Gasteiger partial charge on any atom is -0.324 e. The van der Waals surface area contributed by atoms with Crippen LogP contribution in [0.5, 0.6) is 0 Å². The molecule has 1 amide bonds. The van der Waals surface area contributed by atoms with Gasteiger partial charge in [-0.2, -0.15) is 0 Å². The molecule has 0 atom stereocenters. The van der Waals surface area contributed by atoms with Crippen LogP contribution in [0, 0.1) is 17.5 Å². The van der Waals surface area contributed by atoms with Crippen molar-refractivity contribution in [2.75, 3.05) is 5.32 Å². The largest absolute Gasteiger partial charge is 0.324 e. The van der Waals surface area contributed by atoms with Crippen LogP contribution in [0.15, 0.2) is 12.1 Å². The third kappa shape index (κ3) is 2.25.